The summed E-state index contributed by atoms with van der Waals surface area (Å²) in [6.45, 7) is 43.3. The van der Waals surface area contributed by atoms with Crippen molar-refractivity contribution in [1.82, 2.24) is 42.1 Å². The predicted octanol–water partition coefficient (Wildman–Crippen LogP) is 12.1. The molecular weight excluding hydrogens is 1320 g/mol. The molecule has 2 fully saturated rings. The standard InChI is InChI=1S/C36H60N4O7Si.C32H51Cl3N4O7Si/c1-12-13-14-15-22-45-33(43)28-20-17-21-40(39-28)32(42)29(37-31(41)30(25(2)3)38-34(44)46-35(4,5)6)24-26-18-16-19-27(23-26)47-48(10,11)36(7,8)9;1-20(2)25(37-29(43)45-30(3,4)5)26(40)36-24(18-21-13-11-14-22(17-21)46-47(9,10)31(6,7)8)27(41)39-16-12-15-23(38-39)28(42)44-19-32(33,34)35/h12,16,18-19,23,25,28-30,39H,1,13-15,17,20-22,24H2,2-11H3,(H,37,41)(H,38,44);11,13-14,17,20,23-25,38H,12,15-16,18-19H2,1-10H3,(H,36,40)(H,37,43)/t28-,29-,30-;23-,24-,25-/m00/s1. The SMILES string of the molecule is C=CCCCCOC(=O)[C@@H]1CCCN(C(=O)[C@H](Cc2cccc(O[Si](C)(C)C(C)(C)C)c2)NC(=O)[C@@H](NC(=O)OC(C)(C)C)C(C)C)N1.CC(C)[C@H](NC(=O)OC(C)(C)C)C(=O)N[C@@H](Cc1cccc(O[Si](C)(C)C(C)(C)C)c1)C(=O)N1CCC[C@@H](C(=O)OCC(Cl)(Cl)Cl)N1. The highest BCUT2D eigenvalue weighted by molar-refractivity contribution is 6.75. The summed E-state index contributed by atoms with van der Waals surface area (Å²) in [6, 6.07) is 9.43. The molecule has 2 aromatic rings. The van der Waals surface area contributed by atoms with E-state index in [2.05, 4.69) is 106 Å². The first-order valence-corrected chi connectivity index (χ1v) is 39.9. The number of benzene rings is 2. The maximum Gasteiger partial charge on any atom is 0.408 e. The summed E-state index contributed by atoms with van der Waals surface area (Å²) in [5.41, 5.74) is 5.98. The highest BCUT2D eigenvalue weighted by atomic mass is 35.6. The van der Waals surface area contributed by atoms with Crippen molar-refractivity contribution in [1.29, 1.82) is 0 Å². The van der Waals surface area contributed by atoms with Crippen LogP contribution >= 0.6 is 34.8 Å². The van der Waals surface area contributed by atoms with Gasteiger partial charge in [0.05, 0.1) is 6.61 Å². The van der Waals surface area contributed by atoms with E-state index < -0.39 is 122 Å². The van der Waals surface area contributed by atoms with E-state index in [0.29, 0.717) is 50.3 Å². The lowest BCUT2D eigenvalue weighted by Crippen LogP contribution is -2.62. The molecule has 0 aliphatic carbocycles. The minimum atomic E-state index is -2.16. The van der Waals surface area contributed by atoms with Gasteiger partial charge in [-0.05, 0) is 170 Å². The number of hydrazine groups is 2. The fourth-order valence-corrected chi connectivity index (χ4v) is 11.4. The zero-order valence-electron chi connectivity index (χ0n) is 60.0. The molecule has 0 radical (unpaired) electrons. The molecule has 2 aromatic carbocycles. The molecule has 0 spiro atoms. The van der Waals surface area contributed by atoms with Gasteiger partial charge in [-0.25, -0.2) is 20.4 Å². The highest BCUT2D eigenvalue weighted by Crippen LogP contribution is 2.39. The van der Waals surface area contributed by atoms with E-state index in [1.54, 1.807) is 69.2 Å². The first-order chi connectivity index (χ1) is 43.6. The third kappa shape index (κ3) is 29.5. The Bertz CT molecular complexity index is 2900. The molecule has 95 heavy (non-hydrogen) atoms. The lowest BCUT2D eigenvalue weighted by atomic mass is 10.0. The molecule has 2 heterocycles. The molecule has 2 aliphatic heterocycles. The minimum Gasteiger partial charge on any atom is -0.543 e. The Morgan fingerprint density at radius 1 is 0.589 bits per heavy atom. The number of rotatable bonds is 26. The normalized spacial score (nSPS) is 17.1. The molecule has 4 rings (SSSR count). The van der Waals surface area contributed by atoms with E-state index in [1.165, 1.54) is 10.0 Å². The van der Waals surface area contributed by atoms with Gasteiger partial charge in [0.25, 0.3) is 11.8 Å². The van der Waals surface area contributed by atoms with E-state index in [4.69, 9.17) is 62.6 Å². The summed E-state index contributed by atoms with van der Waals surface area (Å²) in [5.74, 6) is -2.30. The van der Waals surface area contributed by atoms with Crippen LogP contribution < -0.4 is 41.0 Å². The Labute approximate surface area is 582 Å². The third-order valence-electron chi connectivity index (χ3n) is 16.4. The number of allylic oxidation sites excluding steroid dienone is 1. The van der Waals surface area contributed by atoms with E-state index in [0.717, 1.165) is 30.4 Å². The maximum absolute atomic E-state index is 14.1. The van der Waals surface area contributed by atoms with Crippen LogP contribution in [0.3, 0.4) is 0 Å². The van der Waals surface area contributed by atoms with Gasteiger partial charge in [0, 0.05) is 25.9 Å². The van der Waals surface area contributed by atoms with Crippen molar-refractivity contribution in [2.45, 2.75) is 256 Å². The van der Waals surface area contributed by atoms with Crippen LogP contribution in [0.5, 0.6) is 11.5 Å². The topological polar surface area (TPSA) is 271 Å². The van der Waals surface area contributed by atoms with Gasteiger partial charge in [-0.1, -0.05) is 134 Å². The number of carbonyl (C=O) groups is 8. The number of ether oxygens (including phenoxy) is 4. The van der Waals surface area contributed by atoms with Crippen molar-refractivity contribution in [3.8, 4) is 11.5 Å². The molecule has 2 saturated heterocycles. The van der Waals surface area contributed by atoms with Crippen LogP contribution in [0.2, 0.25) is 36.3 Å². The predicted molar refractivity (Wildman–Crippen MR) is 378 cm³/mol. The Balaban J connectivity index is 0.000000495. The molecular formula is C68H111Cl3N8O14Si2. The van der Waals surface area contributed by atoms with Crippen molar-refractivity contribution in [3.63, 3.8) is 0 Å². The van der Waals surface area contributed by atoms with Gasteiger partial charge >= 0.3 is 24.1 Å². The monoisotopic (exact) mass is 1420 g/mol. The molecule has 6 amide bonds. The fourth-order valence-electron chi connectivity index (χ4n) is 9.22. The number of carbonyl (C=O) groups excluding carboxylic acids is 8. The zero-order chi connectivity index (χ0) is 72.2. The average molecular weight is 1430 g/mol. The van der Waals surface area contributed by atoms with Crippen molar-refractivity contribution in [2.75, 3.05) is 26.3 Å². The molecule has 0 unspecified atom stereocenters. The number of halogens is 3. The quantitative estimate of drug-likeness (QED) is 0.0128. The second kappa shape index (κ2) is 36.3. The number of esters is 2. The van der Waals surface area contributed by atoms with Gasteiger partial charge in [-0.3, -0.25) is 38.8 Å². The number of unbranched alkanes of at least 4 members (excludes halogenated alkanes) is 2. The van der Waals surface area contributed by atoms with Crippen LogP contribution in [0.15, 0.2) is 61.2 Å². The van der Waals surface area contributed by atoms with Gasteiger partial charge in [-0.15, -0.1) is 6.58 Å². The molecule has 0 saturated carbocycles. The average Bonchev–Trinajstić information content (AvgIpc) is 0.843. The number of amides is 6. The summed E-state index contributed by atoms with van der Waals surface area (Å²) < 4.78 is 32.6. The maximum atomic E-state index is 14.1. The van der Waals surface area contributed by atoms with Gasteiger partial charge in [-0.2, -0.15) is 0 Å². The van der Waals surface area contributed by atoms with E-state index in [1.807, 2.05) is 54.6 Å². The lowest BCUT2D eigenvalue weighted by molar-refractivity contribution is -0.154. The van der Waals surface area contributed by atoms with E-state index in [9.17, 15) is 38.4 Å². The lowest BCUT2D eigenvalue weighted by Gasteiger charge is -2.36. The number of nitrogens with one attached hydrogen (secondary N) is 6. The van der Waals surface area contributed by atoms with Crippen LogP contribution in [0, 0.1) is 11.8 Å². The number of alkyl halides is 3. The van der Waals surface area contributed by atoms with Crippen LogP contribution in [0.1, 0.15) is 167 Å². The second-order valence-electron chi connectivity index (χ2n) is 30.1. The van der Waals surface area contributed by atoms with Crippen LogP contribution in [-0.4, -0.2) is 152 Å². The number of hydrogen-bond acceptors (Lipinski definition) is 16. The molecule has 2 aliphatic rings. The Morgan fingerprint density at radius 3 is 1.31 bits per heavy atom. The Hall–Kier alpha value is -5.64. The summed E-state index contributed by atoms with van der Waals surface area (Å²) >= 11 is 17.2. The van der Waals surface area contributed by atoms with Gasteiger partial charge in [0.1, 0.15) is 65.6 Å². The van der Waals surface area contributed by atoms with Crippen molar-refractivity contribution in [3.05, 3.63) is 72.3 Å². The summed E-state index contributed by atoms with van der Waals surface area (Å²) in [7, 11) is -4.29. The van der Waals surface area contributed by atoms with Gasteiger partial charge in [0.2, 0.25) is 32.2 Å². The number of alkyl carbamates (subject to hydrolysis) is 2. The summed E-state index contributed by atoms with van der Waals surface area (Å²) in [6.07, 6.45) is 5.06. The van der Waals surface area contributed by atoms with E-state index in [-0.39, 0.29) is 41.3 Å². The van der Waals surface area contributed by atoms with Crippen molar-refractivity contribution in [2.24, 2.45) is 11.8 Å². The Morgan fingerprint density at radius 2 is 0.968 bits per heavy atom. The van der Waals surface area contributed by atoms with Crippen LogP contribution in [-0.2, 0) is 60.6 Å². The van der Waals surface area contributed by atoms with Gasteiger partial charge in [0.15, 0.2) is 0 Å². The summed E-state index contributed by atoms with van der Waals surface area (Å²) in [4.78, 5) is 106. The highest BCUT2D eigenvalue weighted by Gasteiger charge is 2.42. The number of hydrogen-bond donors (Lipinski definition) is 6. The molecule has 27 heteroatoms. The smallest absolute Gasteiger partial charge is 0.408 e. The molecule has 0 bridgehead atoms. The molecule has 6 atom stereocenters. The Kier molecular flexibility index (Phi) is 31.9. The largest absolute Gasteiger partial charge is 0.543 e. The van der Waals surface area contributed by atoms with Crippen LogP contribution in [0.25, 0.3) is 0 Å². The van der Waals surface area contributed by atoms with E-state index >= 15 is 0 Å². The summed E-state index contributed by atoms with van der Waals surface area (Å²) in [5, 5.41) is 13.7. The zero-order valence-corrected chi connectivity index (χ0v) is 64.2. The van der Waals surface area contributed by atoms with Crippen molar-refractivity contribution >= 4 is 99.2 Å². The molecule has 22 nitrogen and oxygen atoms in total. The number of nitrogens with zero attached hydrogens (tertiary/aromatic N) is 2. The molecule has 536 valence electrons. The van der Waals surface area contributed by atoms with Crippen LogP contribution in [0.4, 0.5) is 9.59 Å². The first-order valence-electron chi connectivity index (χ1n) is 32.9. The minimum absolute atomic E-state index is 0.00824. The van der Waals surface area contributed by atoms with Crippen molar-refractivity contribution < 1.29 is 66.2 Å². The molecule has 6 N–H and O–H groups in total. The second-order valence-corrected chi connectivity index (χ2v) is 42.1. The third-order valence-corrected chi connectivity index (χ3v) is 25.4. The molecule has 0 aromatic heterocycles. The van der Waals surface area contributed by atoms with Gasteiger partial charge < -0.3 is 49.1 Å². The fraction of sp³-hybridized carbons (Fsp3) is 0.676. The first kappa shape index (κ1) is 83.6.